The summed E-state index contributed by atoms with van der Waals surface area (Å²) in [6.45, 7) is 18.2. The number of hydrogen-bond acceptors (Lipinski definition) is 8. The second-order valence-corrected chi connectivity index (χ2v) is 19.9. The van der Waals surface area contributed by atoms with Gasteiger partial charge in [0.1, 0.15) is 18.2 Å². The Kier molecular flexibility index (Phi) is 11.9. The summed E-state index contributed by atoms with van der Waals surface area (Å²) < 4.78 is 19.0. The molecule has 2 bridgehead atoms. The van der Waals surface area contributed by atoms with Crippen LogP contribution in [0.25, 0.3) is 0 Å². The first-order chi connectivity index (χ1) is 26.2. The Morgan fingerprint density at radius 1 is 1.02 bits per heavy atom. The maximum atomic E-state index is 13.7. The van der Waals surface area contributed by atoms with Crippen LogP contribution < -0.4 is 11.1 Å². The van der Waals surface area contributed by atoms with Crippen LogP contribution in [0.3, 0.4) is 0 Å². The Balaban J connectivity index is 1.21. The molecule has 56 heavy (non-hydrogen) atoms. The summed E-state index contributed by atoms with van der Waals surface area (Å²) in [7, 11) is 0. The molecular weight excluding hydrogens is 732 g/mol. The average Bonchev–Trinajstić information content (AvgIpc) is 3.12. The second-order valence-electron chi connectivity index (χ2n) is 19.4. The third kappa shape index (κ3) is 7.01. The van der Waals surface area contributed by atoms with Crippen molar-refractivity contribution in [3.8, 4) is 0 Å². The first-order valence-electron chi connectivity index (χ1n) is 20.9. The highest BCUT2D eigenvalue weighted by atomic mass is 35.5. The summed E-state index contributed by atoms with van der Waals surface area (Å²) in [5, 5.41) is 14.4. The van der Waals surface area contributed by atoms with E-state index in [0.29, 0.717) is 68.4 Å². The minimum atomic E-state index is -0.886. The Morgan fingerprint density at radius 2 is 1.75 bits per heavy atom. The van der Waals surface area contributed by atoms with Crippen LogP contribution in [0, 0.1) is 56.7 Å². The van der Waals surface area contributed by atoms with Gasteiger partial charge in [0.25, 0.3) is 5.91 Å². The predicted octanol–water partition coefficient (Wildman–Crippen LogP) is 8.00. The fraction of sp³-hybridized carbons (Fsp3) is 0.733. The van der Waals surface area contributed by atoms with Gasteiger partial charge in [-0.05, 0) is 116 Å². The Bertz CT molecular complexity index is 1730. The standard InChI is InChI=1S/C45H65ClN2O8/c1-26(2)27(3)41(5)19-20-43(7)31-15-16-35-42(6)24-54-25-45(35,32(31)17-18-44(43,8)36(41)39(51)52)23-34(55-28(4)49)37(42)56-40(53)33(47)14-9-10-21-48-38(50)29-12-11-13-30(46)22-29/h11-13,17,22,26-27,31,33-37H,9-10,14-16,18-21,23-25,47H2,1-8H3,(H,48,50)(H,51,52)/t27-,31+,33?,34-,35+,36-,37+,41-,42+,43-,44+,45+/m1/s1. The topological polar surface area (TPSA) is 154 Å². The zero-order valence-corrected chi connectivity index (χ0v) is 35.5. The van der Waals surface area contributed by atoms with Gasteiger partial charge >= 0.3 is 17.9 Å². The number of benzene rings is 1. The number of carboxylic acids is 1. The largest absolute Gasteiger partial charge is 0.481 e. The van der Waals surface area contributed by atoms with E-state index in [4.69, 9.17) is 31.5 Å². The first kappa shape index (κ1) is 42.7. The molecule has 310 valence electrons. The summed E-state index contributed by atoms with van der Waals surface area (Å²) in [6, 6.07) is 5.87. The lowest BCUT2D eigenvalue weighted by Crippen LogP contribution is -2.70. The number of esters is 2. The third-order valence-corrected chi connectivity index (χ3v) is 16.5. The number of hydrogen-bond donors (Lipinski definition) is 3. The molecule has 1 unspecified atom stereocenters. The normalized spacial score (nSPS) is 38.5. The predicted molar refractivity (Wildman–Crippen MR) is 215 cm³/mol. The maximum Gasteiger partial charge on any atom is 0.323 e. The van der Waals surface area contributed by atoms with Crippen molar-refractivity contribution in [3.05, 3.63) is 46.5 Å². The number of carboxylic acid groups (broad SMARTS) is 1. The molecule has 4 fully saturated rings. The van der Waals surface area contributed by atoms with Gasteiger partial charge in [0.2, 0.25) is 0 Å². The minimum Gasteiger partial charge on any atom is -0.481 e. The number of carbonyl (C=O) groups is 4. The SMILES string of the molecule is CC(=O)O[C@@H]1C[C@@]23COC[C@@](C)([C@@H]2CC[C@H]2C3=CC[C@@]3(C)[C@H](C(=O)O)[C@@](C)([C@H](C)C(C)C)CC[C@]23C)[C@H]1OC(=O)C(N)CCCCNC(=O)c1cccc(Cl)c1. The van der Waals surface area contributed by atoms with Crippen molar-refractivity contribution >= 4 is 35.4 Å². The molecule has 4 aliphatic carbocycles. The Morgan fingerprint density at radius 3 is 2.41 bits per heavy atom. The zero-order chi connectivity index (χ0) is 41.0. The molecule has 12 atom stereocenters. The van der Waals surface area contributed by atoms with Gasteiger partial charge in [-0.3, -0.25) is 19.2 Å². The number of ether oxygens (including phenoxy) is 3. The monoisotopic (exact) mass is 796 g/mol. The molecule has 6 rings (SSSR count). The fourth-order valence-corrected chi connectivity index (χ4v) is 13.0. The highest BCUT2D eigenvalue weighted by Crippen LogP contribution is 2.75. The highest BCUT2D eigenvalue weighted by Gasteiger charge is 2.72. The van der Waals surface area contributed by atoms with Crippen LogP contribution in [0.1, 0.15) is 124 Å². The van der Waals surface area contributed by atoms with E-state index in [1.54, 1.807) is 24.3 Å². The zero-order valence-electron chi connectivity index (χ0n) is 34.8. The molecule has 1 aliphatic heterocycles. The number of rotatable bonds is 12. The number of nitrogens with one attached hydrogen (secondary N) is 1. The van der Waals surface area contributed by atoms with Crippen LogP contribution in [0.2, 0.25) is 5.02 Å². The van der Waals surface area contributed by atoms with Crippen LogP contribution >= 0.6 is 11.6 Å². The lowest BCUT2D eigenvalue weighted by atomic mass is 9.34. The van der Waals surface area contributed by atoms with Gasteiger partial charge in [0.15, 0.2) is 0 Å². The Hall–Kier alpha value is -2.95. The molecule has 1 aromatic rings. The van der Waals surface area contributed by atoms with E-state index in [1.165, 1.54) is 12.5 Å². The van der Waals surface area contributed by atoms with Gasteiger partial charge in [0, 0.05) is 34.9 Å². The van der Waals surface area contributed by atoms with Crippen molar-refractivity contribution in [1.82, 2.24) is 5.32 Å². The van der Waals surface area contributed by atoms with Gasteiger partial charge in [-0.25, -0.2) is 0 Å². The lowest BCUT2D eigenvalue weighted by molar-refractivity contribution is -0.263. The molecule has 0 spiro atoms. The molecule has 1 aromatic carbocycles. The van der Waals surface area contributed by atoms with Gasteiger partial charge < -0.3 is 30.4 Å². The third-order valence-electron chi connectivity index (χ3n) is 16.2. The summed E-state index contributed by atoms with van der Waals surface area (Å²) in [4.78, 5) is 52.3. The number of halogens is 1. The van der Waals surface area contributed by atoms with Gasteiger partial charge in [-0.2, -0.15) is 0 Å². The number of allylic oxidation sites excluding steroid dienone is 1. The van der Waals surface area contributed by atoms with E-state index in [2.05, 4.69) is 59.9 Å². The van der Waals surface area contributed by atoms with Gasteiger partial charge in [-0.15, -0.1) is 0 Å². The molecule has 0 aromatic heterocycles. The van der Waals surface area contributed by atoms with Crippen LogP contribution in [-0.4, -0.2) is 66.9 Å². The lowest BCUT2D eigenvalue weighted by Gasteiger charge is -2.71. The van der Waals surface area contributed by atoms with Crippen LogP contribution in [0.4, 0.5) is 0 Å². The summed E-state index contributed by atoms with van der Waals surface area (Å²) in [5.41, 5.74) is 6.11. The van der Waals surface area contributed by atoms with Crippen molar-refractivity contribution in [2.45, 2.75) is 131 Å². The molecule has 11 heteroatoms. The summed E-state index contributed by atoms with van der Waals surface area (Å²) in [6.07, 6.45) is 7.23. The van der Waals surface area contributed by atoms with Crippen LogP contribution in [-0.2, 0) is 28.6 Å². The smallest absolute Gasteiger partial charge is 0.323 e. The first-order valence-corrected chi connectivity index (χ1v) is 21.3. The fourth-order valence-electron chi connectivity index (χ4n) is 12.9. The molecule has 1 amide bonds. The van der Waals surface area contributed by atoms with Crippen molar-refractivity contribution < 1.29 is 38.5 Å². The number of amides is 1. The second kappa shape index (κ2) is 15.7. The van der Waals surface area contributed by atoms with Crippen molar-refractivity contribution in [2.75, 3.05) is 19.8 Å². The number of nitrogens with two attached hydrogens (primary N) is 1. The summed E-state index contributed by atoms with van der Waals surface area (Å²) >= 11 is 6.02. The van der Waals surface area contributed by atoms with E-state index >= 15 is 0 Å². The molecule has 5 aliphatic rings. The van der Waals surface area contributed by atoms with E-state index in [0.717, 1.165) is 25.7 Å². The quantitative estimate of drug-likeness (QED) is 0.108. The van der Waals surface area contributed by atoms with Crippen LogP contribution in [0.15, 0.2) is 35.9 Å². The highest BCUT2D eigenvalue weighted by molar-refractivity contribution is 6.30. The van der Waals surface area contributed by atoms with E-state index < -0.39 is 58.3 Å². The number of fused-ring (bicyclic) bond motifs is 3. The number of carbonyl (C=O) groups excluding carboxylic acids is 3. The molecule has 10 nitrogen and oxygen atoms in total. The Labute approximate surface area is 338 Å². The minimum absolute atomic E-state index is 0.105. The number of unbranched alkanes of at least 4 members (excludes halogenated alkanes) is 1. The maximum absolute atomic E-state index is 13.7. The molecule has 0 radical (unpaired) electrons. The molecule has 4 N–H and O–H groups in total. The van der Waals surface area contributed by atoms with Gasteiger partial charge in [0.05, 0.1) is 19.1 Å². The summed E-state index contributed by atoms with van der Waals surface area (Å²) in [5.74, 6) is -1.49. The van der Waals surface area contributed by atoms with Crippen molar-refractivity contribution in [2.24, 2.45) is 62.4 Å². The van der Waals surface area contributed by atoms with E-state index in [-0.39, 0.29) is 34.5 Å². The van der Waals surface area contributed by atoms with Crippen LogP contribution in [0.5, 0.6) is 0 Å². The number of aliphatic carboxylic acids is 1. The van der Waals surface area contributed by atoms with E-state index in [1.807, 2.05) is 0 Å². The average molecular weight is 797 g/mol. The van der Waals surface area contributed by atoms with Crippen molar-refractivity contribution in [3.63, 3.8) is 0 Å². The van der Waals surface area contributed by atoms with Gasteiger partial charge in [-0.1, -0.05) is 77.8 Å². The van der Waals surface area contributed by atoms with Crippen molar-refractivity contribution in [1.29, 1.82) is 0 Å². The van der Waals surface area contributed by atoms with E-state index in [9.17, 15) is 24.3 Å². The molecule has 1 saturated heterocycles. The molecule has 1 heterocycles. The molecular formula is C45H65ClN2O8. The molecule has 3 saturated carbocycles.